The van der Waals surface area contributed by atoms with E-state index in [0.717, 1.165) is 0 Å². The van der Waals surface area contributed by atoms with E-state index in [1.807, 2.05) is 0 Å². The number of rotatable bonds is 3. The van der Waals surface area contributed by atoms with Crippen molar-refractivity contribution in [2.24, 2.45) is 0 Å². The molecule has 0 aromatic rings. The van der Waals surface area contributed by atoms with Gasteiger partial charge in [-0.25, -0.2) is 0 Å². The van der Waals surface area contributed by atoms with Gasteiger partial charge in [0, 0.05) is 5.75 Å². The summed E-state index contributed by atoms with van der Waals surface area (Å²) in [5.41, 5.74) is 0. The minimum absolute atomic E-state index is 0.145. The lowest BCUT2D eigenvalue weighted by Gasteiger charge is -1.90. The second kappa shape index (κ2) is 3.32. The lowest BCUT2D eigenvalue weighted by molar-refractivity contribution is 0.485. The number of hydrogen-bond acceptors (Lipinski definition) is 3. The number of thioether (sulfide) groups is 1. The topological polar surface area (TPSA) is 54.4 Å². The Labute approximate surface area is 53.2 Å². The maximum absolute atomic E-state index is 9.93. The van der Waals surface area contributed by atoms with Gasteiger partial charge in [0.15, 0.2) is 0 Å². The summed E-state index contributed by atoms with van der Waals surface area (Å²) >= 11 is 1.39. The highest BCUT2D eigenvalue weighted by Gasteiger charge is 2.00. The van der Waals surface area contributed by atoms with E-state index in [2.05, 4.69) is 0 Å². The van der Waals surface area contributed by atoms with Crippen LogP contribution in [0.2, 0.25) is 0 Å². The maximum Gasteiger partial charge on any atom is 0.265 e. The van der Waals surface area contributed by atoms with E-state index in [9.17, 15) is 8.42 Å². The Bertz CT molecular complexity index is 137. The fourth-order valence-electron chi connectivity index (χ4n) is 0.189. The monoisotopic (exact) mass is 156 g/mol. The maximum atomic E-state index is 9.93. The predicted octanol–water partition coefficient (Wildman–Crippen LogP) is 0.237. The summed E-state index contributed by atoms with van der Waals surface area (Å²) in [6, 6.07) is 0. The van der Waals surface area contributed by atoms with Gasteiger partial charge < -0.3 is 0 Å². The zero-order valence-electron chi connectivity index (χ0n) is 4.49. The minimum Gasteiger partial charge on any atom is -0.286 e. The van der Waals surface area contributed by atoms with Crippen LogP contribution in [0.5, 0.6) is 0 Å². The molecule has 0 aliphatic heterocycles. The van der Waals surface area contributed by atoms with E-state index >= 15 is 0 Å². The molecule has 0 saturated carbocycles. The van der Waals surface area contributed by atoms with Crippen molar-refractivity contribution < 1.29 is 13.0 Å². The van der Waals surface area contributed by atoms with Crippen LogP contribution in [0, 0.1) is 0 Å². The van der Waals surface area contributed by atoms with Crippen LogP contribution in [0.4, 0.5) is 0 Å². The molecule has 1 N–H and O–H groups in total. The van der Waals surface area contributed by atoms with Gasteiger partial charge in [-0.05, 0) is 6.26 Å². The highest BCUT2D eigenvalue weighted by molar-refractivity contribution is 7.99. The van der Waals surface area contributed by atoms with Gasteiger partial charge in [0.25, 0.3) is 10.1 Å². The highest BCUT2D eigenvalue weighted by atomic mass is 32.2. The fourth-order valence-corrected chi connectivity index (χ4v) is 1.70. The Morgan fingerprint density at radius 2 is 2.12 bits per heavy atom. The first kappa shape index (κ1) is 8.26. The molecule has 3 nitrogen and oxygen atoms in total. The van der Waals surface area contributed by atoms with Gasteiger partial charge in [0.05, 0.1) is 5.75 Å². The second-order valence-electron chi connectivity index (χ2n) is 1.28. The van der Waals surface area contributed by atoms with Crippen LogP contribution in [0.1, 0.15) is 0 Å². The third-order valence-electron chi connectivity index (χ3n) is 0.545. The molecule has 0 radical (unpaired) electrons. The molecule has 0 bridgehead atoms. The van der Waals surface area contributed by atoms with Crippen molar-refractivity contribution in [2.45, 2.75) is 0 Å². The molecule has 0 spiro atoms. The van der Waals surface area contributed by atoms with Crippen LogP contribution in [-0.4, -0.2) is 30.7 Å². The Kier molecular flexibility index (Phi) is 3.43. The third kappa shape index (κ3) is 6.26. The molecule has 50 valence electrons. The van der Waals surface area contributed by atoms with E-state index in [-0.39, 0.29) is 5.75 Å². The van der Waals surface area contributed by atoms with Crippen LogP contribution in [0.15, 0.2) is 0 Å². The predicted molar refractivity (Wildman–Crippen MR) is 34.8 cm³/mol. The van der Waals surface area contributed by atoms with Gasteiger partial charge in [-0.3, -0.25) is 4.55 Å². The smallest absolute Gasteiger partial charge is 0.265 e. The van der Waals surface area contributed by atoms with Crippen LogP contribution < -0.4 is 0 Å². The molecule has 0 heterocycles. The molecule has 0 rings (SSSR count). The molecule has 0 amide bonds. The van der Waals surface area contributed by atoms with E-state index in [1.54, 1.807) is 6.26 Å². The van der Waals surface area contributed by atoms with Gasteiger partial charge in [-0.2, -0.15) is 20.2 Å². The Morgan fingerprint density at radius 3 is 2.25 bits per heavy atom. The minimum atomic E-state index is -3.71. The van der Waals surface area contributed by atoms with E-state index < -0.39 is 10.1 Å². The van der Waals surface area contributed by atoms with Gasteiger partial charge >= 0.3 is 0 Å². The standard InChI is InChI=1S/C3H8O3S2/c1-7-2-3-8(4,5)6/h2-3H2,1H3,(H,4,5,6). The molecule has 0 aromatic carbocycles. The first-order valence-corrected chi connectivity index (χ1v) is 5.00. The van der Waals surface area contributed by atoms with Gasteiger partial charge in [-0.1, -0.05) is 0 Å². The van der Waals surface area contributed by atoms with Crippen molar-refractivity contribution >= 4 is 21.9 Å². The van der Waals surface area contributed by atoms with E-state index in [1.165, 1.54) is 11.8 Å². The molecule has 8 heavy (non-hydrogen) atoms. The average molecular weight is 156 g/mol. The molecule has 0 aromatic heterocycles. The van der Waals surface area contributed by atoms with Gasteiger partial charge in [0.1, 0.15) is 0 Å². The largest absolute Gasteiger partial charge is 0.286 e. The highest BCUT2D eigenvalue weighted by Crippen LogP contribution is 1.92. The Balaban J connectivity index is 3.42. The molecule has 0 aliphatic carbocycles. The molecule has 0 aliphatic rings. The number of hydrogen-bond donors (Lipinski definition) is 1. The van der Waals surface area contributed by atoms with E-state index in [0.29, 0.717) is 5.75 Å². The average Bonchev–Trinajstić information content (AvgIpc) is 1.59. The normalized spacial score (nSPS) is 11.8. The first-order chi connectivity index (χ1) is 3.56. The van der Waals surface area contributed by atoms with Crippen LogP contribution in [0.25, 0.3) is 0 Å². The summed E-state index contributed by atoms with van der Waals surface area (Å²) in [5, 5.41) is 0. The van der Waals surface area contributed by atoms with Crippen molar-refractivity contribution in [3.8, 4) is 0 Å². The Hall–Kier alpha value is 0.260. The summed E-state index contributed by atoms with van der Waals surface area (Å²) in [7, 11) is -3.71. The van der Waals surface area contributed by atoms with Gasteiger partial charge in [0.2, 0.25) is 0 Å². The Morgan fingerprint density at radius 1 is 1.62 bits per heavy atom. The van der Waals surface area contributed by atoms with Crippen molar-refractivity contribution in [1.29, 1.82) is 0 Å². The molecule has 0 fully saturated rings. The molecule has 5 heteroatoms. The quantitative estimate of drug-likeness (QED) is 0.595. The summed E-state index contributed by atoms with van der Waals surface area (Å²) in [5.74, 6) is 0.312. The molecular formula is C3H8O3S2. The molecular weight excluding hydrogens is 148 g/mol. The summed E-state index contributed by atoms with van der Waals surface area (Å²) in [6.07, 6.45) is 1.78. The zero-order chi connectivity index (χ0) is 6.62. The lowest BCUT2D eigenvalue weighted by atomic mass is 11.0. The van der Waals surface area contributed by atoms with Crippen LogP contribution in [0.3, 0.4) is 0 Å². The van der Waals surface area contributed by atoms with Crippen LogP contribution >= 0.6 is 11.8 Å². The van der Waals surface area contributed by atoms with E-state index in [4.69, 9.17) is 4.55 Å². The summed E-state index contributed by atoms with van der Waals surface area (Å²) < 4.78 is 28.0. The van der Waals surface area contributed by atoms with Gasteiger partial charge in [-0.15, -0.1) is 0 Å². The summed E-state index contributed by atoms with van der Waals surface area (Å²) in [6.45, 7) is 0. The van der Waals surface area contributed by atoms with Crippen molar-refractivity contribution in [3.63, 3.8) is 0 Å². The second-order valence-corrected chi connectivity index (χ2v) is 3.84. The lowest BCUT2D eigenvalue weighted by Crippen LogP contribution is -2.05. The van der Waals surface area contributed by atoms with Crippen molar-refractivity contribution in [3.05, 3.63) is 0 Å². The molecule has 0 unspecified atom stereocenters. The van der Waals surface area contributed by atoms with Crippen LogP contribution in [-0.2, 0) is 10.1 Å². The van der Waals surface area contributed by atoms with Crippen molar-refractivity contribution in [1.82, 2.24) is 0 Å². The molecule has 0 atom stereocenters. The zero-order valence-corrected chi connectivity index (χ0v) is 6.13. The SMILES string of the molecule is CSCCS(=O)(=O)O. The van der Waals surface area contributed by atoms with Crippen molar-refractivity contribution in [2.75, 3.05) is 17.8 Å². The summed E-state index contributed by atoms with van der Waals surface area (Å²) in [4.78, 5) is 0. The fraction of sp³-hybridized carbons (Fsp3) is 1.00. The molecule has 0 saturated heterocycles. The third-order valence-corrected chi connectivity index (χ3v) is 2.14. The first-order valence-electron chi connectivity index (χ1n) is 2.00.